The van der Waals surface area contributed by atoms with Gasteiger partial charge in [-0.25, -0.2) is 4.79 Å². The second-order valence-electron chi connectivity index (χ2n) is 2.73. The molecule has 17 heavy (non-hydrogen) atoms. The lowest BCUT2D eigenvalue weighted by Crippen LogP contribution is -2.46. The molecule has 0 aliphatic carbocycles. The molecule has 0 radical (unpaired) electrons. The molecular weight excluding hydrogens is 239 g/mol. The molecule has 0 aromatic carbocycles. The number of nitrogens with zero attached hydrogens (tertiary/aromatic N) is 2. The second-order valence-corrected chi connectivity index (χ2v) is 2.73. The molecule has 0 aromatic heterocycles. The van der Waals surface area contributed by atoms with Crippen LogP contribution in [0.5, 0.6) is 0 Å². The lowest BCUT2D eigenvalue weighted by molar-refractivity contribution is -0.832. The van der Waals surface area contributed by atoms with Crippen LogP contribution in [0.1, 0.15) is 6.92 Å². The van der Waals surface area contributed by atoms with Gasteiger partial charge >= 0.3 is 11.9 Å². The Kier molecular flexibility index (Phi) is 5.44. The van der Waals surface area contributed by atoms with E-state index in [0.29, 0.717) is 0 Å². The molecule has 0 N–H and O–H groups in total. The molecule has 0 spiro atoms. The molecule has 0 amide bonds. The van der Waals surface area contributed by atoms with Crippen molar-refractivity contribution in [2.45, 2.75) is 12.8 Å². The van der Waals surface area contributed by atoms with Crippen LogP contribution in [-0.4, -0.2) is 28.3 Å². The number of halogens is 1. The summed E-state index contributed by atoms with van der Waals surface area (Å²) in [4.78, 5) is 27.5. The highest BCUT2D eigenvalue weighted by molar-refractivity contribution is 5.82. The van der Waals surface area contributed by atoms with Gasteiger partial charge in [0.25, 0.3) is 6.61 Å². The SMILES string of the molecule is CC=CC=CC(=O)OCC(F)([N+](=O)[O-])[N+](=O)[O-]. The number of allylic oxidation sites excluding steroid dienone is 3. The van der Waals surface area contributed by atoms with Crippen LogP contribution in [0, 0.1) is 20.2 Å². The standard InChI is InChI=1S/C8H9FN2O6/c1-2-3-4-5-7(12)17-6-8(9,10(13)14)11(15)16/h2-5H,6H2,1H3. The third kappa shape index (κ3) is 4.36. The van der Waals surface area contributed by atoms with Crippen molar-refractivity contribution in [1.29, 1.82) is 0 Å². The van der Waals surface area contributed by atoms with Gasteiger partial charge in [0, 0.05) is 6.08 Å². The summed E-state index contributed by atoms with van der Waals surface area (Å²) in [6, 6.07) is 0. The number of alkyl halides is 1. The van der Waals surface area contributed by atoms with Crippen LogP contribution in [0.25, 0.3) is 0 Å². The number of carbonyl (C=O) groups is 1. The van der Waals surface area contributed by atoms with Crippen LogP contribution in [0.2, 0.25) is 0 Å². The fraction of sp³-hybridized carbons (Fsp3) is 0.375. The van der Waals surface area contributed by atoms with E-state index in [0.717, 1.165) is 6.08 Å². The van der Waals surface area contributed by atoms with Gasteiger partial charge in [0.15, 0.2) is 0 Å². The maximum atomic E-state index is 13.1. The van der Waals surface area contributed by atoms with Gasteiger partial charge in [0.2, 0.25) is 0 Å². The van der Waals surface area contributed by atoms with Crippen LogP contribution in [0.3, 0.4) is 0 Å². The molecule has 0 fully saturated rings. The molecule has 0 heterocycles. The summed E-state index contributed by atoms with van der Waals surface area (Å²) in [5.41, 5.74) is 0. The molecule has 0 saturated heterocycles. The molecule has 94 valence electrons. The highest BCUT2D eigenvalue weighted by Crippen LogP contribution is 2.13. The molecule has 0 atom stereocenters. The monoisotopic (exact) mass is 248 g/mol. The number of carbonyl (C=O) groups excluding carboxylic acids is 1. The quantitative estimate of drug-likeness (QED) is 0.131. The van der Waals surface area contributed by atoms with E-state index in [9.17, 15) is 29.4 Å². The first-order chi connectivity index (χ1) is 7.84. The minimum atomic E-state index is -4.02. The summed E-state index contributed by atoms with van der Waals surface area (Å²) in [7, 11) is 0. The van der Waals surface area contributed by atoms with E-state index in [1.54, 1.807) is 13.0 Å². The Bertz CT molecular complexity index is 364. The van der Waals surface area contributed by atoms with Crippen molar-refractivity contribution < 1.29 is 23.8 Å². The summed E-state index contributed by atoms with van der Waals surface area (Å²) < 4.78 is 17.1. The van der Waals surface area contributed by atoms with Gasteiger partial charge in [0.05, 0.1) is 0 Å². The number of nitro groups is 2. The zero-order valence-electron chi connectivity index (χ0n) is 8.74. The summed E-state index contributed by atoms with van der Waals surface area (Å²) in [5, 5.41) is 20.2. The molecule has 0 saturated carbocycles. The number of hydrogen-bond donors (Lipinski definition) is 0. The van der Waals surface area contributed by atoms with E-state index in [4.69, 9.17) is 0 Å². The molecule has 0 aromatic rings. The van der Waals surface area contributed by atoms with E-state index >= 15 is 0 Å². The molecule has 9 heteroatoms. The van der Waals surface area contributed by atoms with Gasteiger partial charge in [-0.15, -0.1) is 0 Å². The van der Waals surface area contributed by atoms with E-state index in [1.807, 2.05) is 0 Å². The largest absolute Gasteiger partial charge is 0.648 e. The molecule has 8 nitrogen and oxygen atoms in total. The van der Waals surface area contributed by atoms with E-state index in [1.165, 1.54) is 12.2 Å². The predicted molar refractivity (Wildman–Crippen MR) is 52.7 cm³/mol. The Labute approximate surface area is 94.7 Å². The number of ether oxygens (including phenoxy) is 1. The molecule has 0 aliphatic heterocycles. The van der Waals surface area contributed by atoms with Crippen molar-refractivity contribution in [1.82, 2.24) is 0 Å². The smallest absolute Gasteiger partial charge is 0.443 e. The summed E-state index contributed by atoms with van der Waals surface area (Å²) in [5.74, 6) is -5.14. The number of esters is 1. The topological polar surface area (TPSA) is 113 Å². The van der Waals surface area contributed by atoms with E-state index in [2.05, 4.69) is 4.74 Å². The van der Waals surface area contributed by atoms with Crippen LogP contribution >= 0.6 is 0 Å². The Morgan fingerprint density at radius 1 is 1.35 bits per heavy atom. The highest BCUT2D eigenvalue weighted by Gasteiger charge is 2.59. The molecule has 0 aliphatic rings. The van der Waals surface area contributed by atoms with Crippen LogP contribution in [-0.2, 0) is 9.53 Å². The Hall–Kier alpha value is -2.32. The maximum absolute atomic E-state index is 13.1. The first-order valence-corrected chi connectivity index (χ1v) is 4.28. The normalized spacial score (nSPS) is 11.9. The first kappa shape index (κ1) is 14.7. The lowest BCUT2D eigenvalue weighted by Gasteiger charge is -2.07. The molecular formula is C8H9FN2O6. The van der Waals surface area contributed by atoms with Gasteiger partial charge in [-0.1, -0.05) is 22.6 Å². The molecule has 0 unspecified atom stereocenters. The van der Waals surface area contributed by atoms with E-state index < -0.39 is 28.3 Å². The van der Waals surface area contributed by atoms with Gasteiger partial charge < -0.3 is 4.74 Å². The molecule has 0 rings (SSSR count). The van der Waals surface area contributed by atoms with Crippen molar-refractivity contribution in [3.63, 3.8) is 0 Å². The molecule has 0 bridgehead atoms. The summed E-state index contributed by atoms with van der Waals surface area (Å²) >= 11 is 0. The van der Waals surface area contributed by atoms with Crippen LogP contribution < -0.4 is 0 Å². The Morgan fingerprint density at radius 2 is 1.88 bits per heavy atom. The van der Waals surface area contributed by atoms with Gasteiger partial charge in [-0.05, 0) is 6.92 Å². The van der Waals surface area contributed by atoms with Crippen LogP contribution in [0.4, 0.5) is 4.39 Å². The first-order valence-electron chi connectivity index (χ1n) is 4.28. The number of rotatable bonds is 6. The predicted octanol–water partition coefficient (Wildman–Crippen LogP) is 0.839. The maximum Gasteiger partial charge on any atom is 0.648 e. The Balaban J connectivity index is 4.48. The van der Waals surface area contributed by atoms with Crippen molar-refractivity contribution in [2.24, 2.45) is 0 Å². The third-order valence-electron chi connectivity index (χ3n) is 1.49. The summed E-state index contributed by atoms with van der Waals surface area (Å²) in [6.45, 7) is 0.0771. The minimum Gasteiger partial charge on any atom is -0.443 e. The van der Waals surface area contributed by atoms with Gasteiger partial charge in [0.1, 0.15) is 9.85 Å². The minimum absolute atomic E-state index is 0.848. The lowest BCUT2D eigenvalue weighted by atomic mass is 10.4. The van der Waals surface area contributed by atoms with E-state index in [-0.39, 0.29) is 0 Å². The van der Waals surface area contributed by atoms with Crippen molar-refractivity contribution in [3.05, 3.63) is 44.5 Å². The van der Waals surface area contributed by atoms with Crippen molar-refractivity contribution in [3.8, 4) is 0 Å². The zero-order valence-corrected chi connectivity index (χ0v) is 8.74. The third-order valence-corrected chi connectivity index (χ3v) is 1.49. The van der Waals surface area contributed by atoms with Crippen LogP contribution in [0.15, 0.2) is 24.3 Å². The van der Waals surface area contributed by atoms with Gasteiger partial charge in [-0.2, -0.15) is 0 Å². The second kappa shape index (κ2) is 6.30. The van der Waals surface area contributed by atoms with Crippen molar-refractivity contribution in [2.75, 3.05) is 6.61 Å². The number of hydrogen-bond acceptors (Lipinski definition) is 6. The van der Waals surface area contributed by atoms with Gasteiger partial charge in [-0.3, -0.25) is 20.2 Å². The van der Waals surface area contributed by atoms with Crippen molar-refractivity contribution >= 4 is 5.97 Å². The average Bonchev–Trinajstić information content (AvgIpc) is 2.25. The average molecular weight is 248 g/mol. The summed E-state index contributed by atoms with van der Waals surface area (Å²) in [6.07, 6.45) is 5.11. The zero-order chi connectivity index (χ0) is 13.5. The highest BCUT2D eigenvalue weighted by atomic mass is 19.2. The fourth-order valence-electron chi connectivity index (χ4n) is 0.628. The fourth-order valence-corrected chi connectivity index (χ4v) is 0.628. The Morgan fingerprint density at radius 3 is 2.29 bits per heavy atom.